The summed E-state index contributed by atoms with van der Waals surface area (Å²) >= 11 is 0. The number of hydrogen-bond donors (Lipinski definition) is 1. The predicted molar refractivity (Wildman–Crippen MR) is 80.3 cm³/mol. The minimum Gasteiger partial charge on any atom is -0.323 e. The maximum absolute atomic E-state index is 6.58. The molecule has 2 N–H and O–H groups in total. The number of aryl methyl sites for hydroxylation is 3. The summed E-state index contributed by atoms with van der Waals surface area (Å²) in [7, 11) is 0. The molecule has 1 heteroatoms. The first kappa shape index (κ1) is 12.4. The lowest BCUT2D eigenvalue weighted by molar-refractivity contribution is 0.548. The van der Waals surface area contributed by atoms with Gasteiger partial charge in [0, 0.05) is 12.0 Å². The molecule has 2 aromatic rings. The van der Waals surface area contributed by atoms with E-state index in [0.717, 1.165) is 0 Å². The Morgan fingerprint density at radius 1 is 1.11 bits per heavy atom. The number of hydrogen-bond acceptors (Lipinski definition) is 1. The molecule has 2 atom stereocenters. The molecule has 0 spiro atoms. The van der Waals surface area contributed by atoms with Gasteiger partial charge < -0.3 is 5.73 Å². The summed E-state index contributed by atoms with van der Waals surface area (Å²) in [6.45, 7) is 4.30. The van der Waals surface area contributed by atoms with E-state index in [2.05, 4.69) is 56.3 Å². The van der Waals surface area contributed by atoms with Crippen LogP contribution < -0.4 is 5.73 Å². The Labute approximate surface area is 115 Å². The third-order valence-electron chi connectivity index (χ3n) is 4.41. The molecule has 0 aliphatic heterocycles. The molecule has 0 amide bonds. The second kappa shape index (κ2) is 4.82. The van der Waals surface area contributed by atoms with E-state index in [-0.39, 0.29) is 6.04 Å². The van der Waals surface area contributed by atoms with Gasteiger partial charge in [-0.25, -0.2) is 0 Å². The van der Waals surface area contributed by atoms with Crippen molar-refractivity contribution in [1.29, 1.82) is 0 Å². The standard InChI is InChI=1S/C18H21N/c1-12-7-8-13(2)17(11-12)18(19)16-10-9-14-5-3-4-6-15(14)16/h3-8,11,16,18H,9-10,19H2,1-2H3. The zero-order valence-corrected chi connectivity index (χ0v) is 11.7. The Balaban J connectivity index is 1.97. The van der Waals surface area contributed by atoms with E-state index < -0.39 is 0 Å². The molecule has 1 nitrogen and oxygen atoms in total. The van der Waals surface area contributed by atoms with Gasteiger partial charge in [-0.1, -0.05) is 48.0 Å². The van der Waals surface area contributed by atoms with Gasteiger partial charge in [0.2, 0.25) is 0 Å². The maximum atomic E-state index is 6.58. The largest absolute Gasteiger partial charge is 0.323 e. The van der Waals surface area contributed by atoms with Crippen LogP contribution >= 0.6 is 0 Å². The Hall–Kier alpha value is -1.60. The molecule has 0 saturated carbocycles. The summed E-state index contributed by atoms with van der Waals surface area (Å²) in [6, 6.07) is 15.5. The van der Waals surface area contributed by atoms with Crippen LogP contribution in [-0.4, -0.2) is 0 Å². The number of rotatable bonds is 2. The van der Waals surface area contributed by atoms with Crippen molar-refractivity contribution >= 4 is 0 Å². The van der Waals surface area contributed by atoms with Crippen LogP contribution in [0.1, 0.15) is 46.2 Å². The van der Waals surface area contributed by atoms with E-state index in [9.17, 15) is 0 Å². The molecule has 2 aromatic carbocycles. The van der Waals surface area contributed by atoms with Crippen LogP contribution in [0.15, 0.2) is 42.5 Å². The zero-order chi connectivity index (χ0) is 13.4. The summed E-state index contributed by atoms with van der Waals surface area (Å²) in [4.78, 5) is 0. The Bertz CT molecular complexity index is 600. The monoisotopic (exact) mass is 251 g/mol. The van der Waals surface area contributed by atoms with Crippen molar-refractivity contribution in [1.82, 2.24) is 0 Å². The van der Waals surface area contributed by atoms with Gasteiger partial charge in [-0.3, -0.25) is 0 Å². The van der Waals surface area contributed by atoms with Crippen LogP contribution in [0.4, 0.5) is 0 Å². The minimum atomic E-state index is 0.114. The lowest BCUT2D eigenvalue weighted by Crippen LogP contribution is -2.19. The molecule has 2 unspecified atom stereocenters. The molecule has 0 radical (unpaired) electrons. The van der Waals surface area contributed by atoms with Crippen molar-refractivity contribution in [2.24, 2.45) is 5.73 Å². The quantitative estimate of drug-likeness (QED) is 0.856. The second-order valence-electron chi connectivity index (χ2n) is 5.73. The van der Waals surface area contributed by atoms with Crippen LogP contribution in [0, 0.1) is 13.8 Å². The molecule has 0 heterocycles. The predicted octanol–water partition coefficient (Wildman–Crippen LogP) is 4.03. The highest BCUT2D eigenvalue weighted by Gasteiger charge is 2.28. The Morgan fingerprint density at radius 2 is 1.89 bits per heavy atom. The molecule has 3 rings (SSSR count). The van der Waals surface area contributed by atoms with E-state index in [1.807, 2.05) is 0 Å². The van der Waals surface area contributed by atoms with Crippen molar-refractivity contribution in [2.75, 3.05) is 0 Å². The van der Waals surface area contributed by atoms with Gasteiger partial charge in [0.05, 0.1) is 0 Å². The fourth-order valence-corrected chi connectivity index (χ4v) is 3.30. The normalized spacial score (nSPS) is 19.2. The summed E-state index contributed by atoms with van der Waals surface area (Å²) < 4.78 is 0. The van der Waals surface area contributed by atoms with Gasteiger partial charge in [-0.2, -0.15) is 0 Å². The van der Waals surface area contributed by atoms with Gasteiger partial charge in [0.1, 0.15) is 0 Å². The minimum absolute atomic E-state index is 0.114. The first-order valence-corrected chi connectivity index (χ1v) is 7.07. The summed E-state index contributed by atoms with van der Waals surface area (Å²) in [5.41, 5.74) is 13.4. The first-order valence-electron chi connectivity index (χ1n) is 7.07. The Morgan fingerprint density at radius 3 is 2.74 bits per heavy atom. The van der Waals surface area contributed by atoms with Crippen molar-refractivity contribution in [2.45, 2.75) is 38.6 Å². The molecule has 0 saturated heterocycles. The number of nitrogens with two attached hydrogens (primary N) is 1. The highest BCUT2D eigenvalue weighted by molar-refractivity contribution is 5.40. The van der Waals surface area contributed by atoms with Gasteiger partial charge in [-0.05, 0) is 48.9 Å². The average Bonchev–Trinajstić information content (AvgIpc) is 2.84. The van der Waals surface area contributed by atoms with Crippen LogP contribution in [0.5, 0.6) is 0 Å². The van der Waals surface area contributed by atoms with E-state index in [0.29, 0.717) is 5.92 Å². The summed E-state index contributed by atoms with van der Waals surface area (Å²) in [6.07, 6.45) is 2.34. The van der Waals surface area contributed by atoms with E-state index in [1.54, 1.807) is 0 Å². The maximum Gasteiger partial charge on any atom is 0.0367 e. The third-order valence-corrected chi connectivity index (χ3v) is 4.41. The Kier molecular flexibility index (Phi) is 3.16. The summed E-state index contributed by atoms with van der Waals surface area (Å²) in [5, 5.41) is 0. The van der Waals surface area contributed by atoms with Crippen LogP contribution in [0.2, 0.25) is 0 Å². The molecular formula is C18H21N. The molecule has 98 valence electrons. The lowest BCUT2D eigenvalue weighted by Gasteiger charge is -2.23. The molecule has 0 bridgehead atoms. The first-order chi connectivity index (χ1) is 9.16. The summed E-state index contributed by atoms with van der Waals surface area (Å²) in [5.74, 6) is 0.469. The zero-order valence-electron chi connectivity index (χ0n) is 11.7. The van der Waals surface area contributed by atoms with E-state index in [1.165, 1.54) is 40.7 Å². The molecule has 0 fully saturated rings. The fourth-order valence-electron chi connectivity index (χ4n) is 3.30. The van der Waals surface area contributed by atoms with Gasteiger partial charge >= 0.3 is 0 Å². The van der Waals surface area contributed by atoms with E-state index >= 15 is 0 Å². The SMILES string of the molecule is Cc1ccc(C)c(C(N)C2CCc3ccccc32)c1. The number of benzene rings is 2. The fraction of sp³-hybridized carbons (Fsp3) is 0.333. The van der Waals surface area contributed by atoms with Gasteiger partial charge in [0.15, 0.2) is 0 Å². The van der Waals surface area contributed by atoms with Crippen LogP contribution in [-0.2, 0) is 6.42 Å². The van der Waals surface area contributed by atoms with Crippen LogP contribution in [0.25, 0.3) is 0 Å². The second-order valence-corrected chi connectivity index (χ2v) is 5.73. The van der Waals surface area contributed by atoms with Crippen molar-refractivity contribution in [3.05, 3.63) is 70.3 Å². The van der Waals surface area contributed by atoms with Crippen molar-refractivity contribution in [3.8, 4) is 0 Å². The lowest BCUT2D eigenvalue weighted by atomic mass is 9.86. The van der Waals surface area contributed by atoms with Gasteiger partial charge in [0.25, 0.3) is 0 Å². The highest BCUT2D eigenvalue weighted by atomic mass is 14.7. The molecule has 0 aromatic heterocycles. The van der Waals surface area contributed by atoms with Gasteiger partial charge in [-0.15, -0.1) is 0 Å². The average molecular weight is 251 g/mol. The van der Waals surface area contributed by atoms with Crippen molar-refractivity contribution < 1.29 is 0 Å². The molecule has 19 heavy (non-hydrogen) atoms. The number of fused-ring (bicyclic) bond motifs is 1. The van der Waals surface area contributed by atoms with Crippen molar-refractivity contribution in [3.63, 3.8) is 0 Å². The third kappa shape index (κ3) is 2.19. The molecular weight excluding hydrogens is 230 g/mol. The molecule has 1 aliphatic carbocycles. The highest BCUT2D eigenvalue weighted by Crippen LogP contribution is 2.41. The molecule has 1 aliphatic rings. The van der Waals surface area contributed by atoms with Crippen LogP contribution in [0.3, 0.4) is 0 Å². The topological polar surface area (TPSA) is 26.0 Å². The smallest absolute Gasteiger partial charge is 0.0367 e. The van der Waals surface area contributed by atoms with E-state index in [4.69, 9.17) is 5.73 Å².